The lowest BCUT2D eigenvalue weighted by molar-refractivity contribution is 0.415. The van der Waals surface area contributed by atoms with Gasteiger partial charge < -0.3 is 14.3 Å². The Hall–Kier alpha value is -3.15. The number of benzene rings is 2. The van der Waals surface area contributed by atoms with E-state index in [1.54, 1.807) is 44.4 Å². The topological polar surface area (TPSA) is 84.4 Å². The van der Waals surface area contributed by atoms with E-state index in [1.165, 1.54) is 12.1 Å². The lowest BCUT2D eigenvalue weighted by atomic mass is 10.1. The largest absolute Gasteiger partial charge is 0.505 e. The molecule has 116 valence electrons. The zero-order valence-electron chi connectivity index (χ0n) is 12.6. The Balaban J connectivity index is 2.09. The molecule has 0 radical (unpaired) electrons. The number of hydrogen-bond donors (Lipinski definition) is 1. The highest BCUT2D eigenvalue weighted by atomic mass is 16.5. The van der Waals surface area contributed by atoms with Crippen LogP contribution in [0.4, 0.5) is 11.4 Å². The molecule has 0 aliphatic carbocycles. The van der Waals surface area contributed by atoms with Gasteiger partial charge >= 0.3 is 5.63 Å². The van der Waals surface area contributed by atoms with Gasteiger partial charge in [0.15, 0.2) is 11.3 Å². The predicted molar refractivity (Wildman–Crippen MR) is 86.1 cm³/mol. The maximum absolute atomic E-state index is 11.6. The number of rotatable bonds is 3. The molecule has 1 heterocycles. The van der Waals surface area contributed by atoms with Crippen LogP contribution in [-0.2, 0) is 0 Å². The first-order valence-electron chi connectivity index (χ1n) is 6.90. The van der Waals surface area contributed by atoms with Gasteiger partial charge in [0.2, 0.25) is 0 Å². The van der Waals surface area contributed by atoms with E-state index < -0.39 is 5.63 Å². The Morgan fingerprint density at radius 3 is 2.52 bits per heavy atom. The summed E-state index contributed by atoms with van der Waals surface area (Å²) in [6.45, 7) is 1.79. The van der Waals surface area contributed by atoms with Crippen molar-refractivity contribution >= 4 is 22.3 Å². The summed E-state index contributed by atoms with van der Waals surface area (Å²) in [5, 5.41) is 18.8. The van der Waals surface area contributed by atoms with E-state index in [0.29, 0.717) is 16.8 Å². The van der Waals surface area contributed by atoms with E-state index in [1.807, 2.05) is 0 Å². The Kier molecular flexibility index (Phi) is 3.80. The van der Waals surface area contributed by atoms with Gasteiger partial charge in [-0.1, -0.05) is 0 Å². The van der Waals surface area contributed by atoms with Gasteiger partial charge in [0.1, 0.15) is 11.5 Å². The molecule has 0 saturated carbocycles. The Morgan fingerprint density at radius 1 is 1.09 bits per heavy atom. The third-order valence-electron chi connectivity index (χ3n) is 3.41. The molecule has 0 aliphatic rings. The molecule has 3 aromatic rings. The molecule has 0 bridgehead atoms. The summed E-state index contributed by atoms with van der Waals surface area (Å²) in [4.78, 5) is 11.6. The summed E-state index contributed by atoms with van der Waals surface area (Å²) >= 11 is 0. The van der Waals surface area contributed by atoms with Gasteiger partial charge in [-0.3, -0.25) is 0 Å². The summed E-state index contributed by atoms with van der Waals surface area (Å²) in [7, 11) is 1.58. The molecule has 6 nitrogen and oxygen atoms in total. The van der Waals surface area contributed by atoms with Crippen LogP contribution in [0.3, 0.4) is 0 Å². The predicted octanol–water partition coefficient (Wildman–Crippen LogP) is 4.23. The highest BCUT2D eigenvalue weighted by molar-refractivity contribution is 5.92. The maximum atomic E-state index is 11.6. The molecule has 0 aliphatic heterocycles. The fraction of sp³-hybridized carbons (Fsp3) is 0.118. The van der Waals surface area contributed by atoms with Gasteiger partial charge in [-0.25, -0.2) is 4.79 Å². The fourth-order valence-corrected chi connectivity index (χ4v) is 2.21. The van der Waals surface area contributed by atoms with Crippen LogP contribution in [0.25, 0.3) is 11.0 Å². The van der Waals surface area contributed by atoms with Gasteiger partial charge in [-0.2, -0.15) is 5.11 Å². The highest BCUT2D eigenvalue weighted by Crippen LogP contribution is 2.36. The first-order valence-corrected chi connectivity index (χ1v) is 6.90. The second-order valence-corrected chi connectivity index (χ2v) is 4.96. The highest BCUT2D eigenvalue weighted by Gasteiger charge is 2.11. The summed E-state index contributed by atoms with van der Waals surface area (Å²) in [6.07, 6.45) is 0. The zero-order valence-corrected chi connectivity index (χ0v) is 12.6. The van der Waals surface area contributed by atoms with Crippen molar-refractivity contribution in [2.45, 2.75) is 6.92 Å². The van der Waals surface area contributed by atoms with E-state index in [2.05, 4.69) is 10.2 Å². The number of phenols is 1. The molecule has 23 heavy (non-hydrogen) atoms. The van der Waals surface area contributed by atoms with Crippen LogP contribution in [0.15, 0.2) is 61.9 Å². The van der Waals surface area contributed by atoms with Crippen LogP contribution in [0.2, 0.25) is 0 Å². The van der Waals surface area contributed by atoms with Crippen LogP contribution in [-0.4, -0.2) is 12.2 Å². The van der Waals surface area contributed by atoms with Crippen molar-refractivity contribution in [3.8, 4) is 11.5 Å². The minimum absolute atomic E-state index is 0.108. The second kappa shape index (κ2) is 5.92. The summed E-state index contributed by atoms with van der Waals surface area (Å²) in [6, 6.07) is 11.5. The molecule has 1 aromatic heterocycles. The number of aromatic hydroxyl groups is 1. The van der Waals surface area contributed by atoms with Gasteiger partial charge in [0, 0.05) is 11.5 Å². The molecular formula is C17H14N2O4. The van der Waals surface area contributed by atoms with Crippen molar-refractivity contribution in [2.75, 3.05) is 7.11 Å². The Labute approximate surface area is 131 Å². The molecule has 2 aromatic carbocycles. The standard InChI is InChI=1S/C17H14N2O4/c1-10-9-15(21)23-17-13(10)7-8-14(20)16(17)19-18-11-3-5-12(22-2)6-4-11/h3-9,20H,1-2H3. The summed E-state index contributed by atoms with van der Waals surface area (Å²) in [5.74, 6) is 0.599. The average molecular weight is 310 g/mol. The number of ether oxygens (including phenoxy) is 1. The van der Waals surface area contributed by atoms with Crippen LogP contribution >= 0.6 is 0 Å². The zero-order chi connectivity index (χ0) is 16.4. The van der Waals surface area contributed by atoms with Crippen molar-refractivity contribution in [1.82, 2.24) is 0 Å². The smallest absolute Gasteiger partial charge is 0.336 e. The Morgan fingerprint density at radius 2 is 1.83 bits per heavy atom. The quantitative estimate of drug-likeness (QED) is 0.579. The Bertz CT molecular complexity index is 943. The molecule has 0 unspecified atom stereocenters. The van der Waals surface area contributed by atoms with Crippen molar-refractivity contribution in [3.63, 3.8) is 0 Å². The number of azo groups is 1. The third kappa shape index (κ3) is 2.91. The van der Waals surface area contributed by atoms with E-state index >= 15 is 0 Å². The van der Waals surface area contributed by atoms with E-state index in [0.717, 1.165) is 5.56 Å². The number of fused-ring (bicyclic) bond motifs is 1. The first-order chi connectivity index (χ1) is 11.1. The molecule has 0 spiro atoms. The second-order valence-electron chi connectivity index (χ2n) is 4.96. The number of methoxy groups -OCH3 is 1. The molecule has 6 heteroatoms. The van der Waals surface area contributed by atoms with Crippen molar-refractivity contribution in [3.05, 3.63) is 58.4 Å². The van der Waals surface area contributed by atoms with Crippen molar-refractivity contribution < 1.29 is 14.3 Å². The van der Waals surface area contributed by atoms with Crippen LogP contribution in [0.1, 0.15) is 5.56 Å². The molecule has 0 saturated heterocycles. The lowest BCUT2D eigenvalue weighted by Gasteiger charge is -2.04. The minimum Gasteiger partial charge on any atom is -0.505 e. The number of phenolic OH excluding ortho intramolecular Hbond substituents is 1. The number of hydrogen-bond acceptors (Lipinski definition) is 6. The van der Waals surface area contributed by atoms with Crippen LogP contribution in [0.5, 0.6) is 11.5 Å². The normalized spacial score (nSPS) is 11.2. The first kappa shape index (κ1) is 14.8. The van der Waals surface area contributed by atoms with E-state index in [4.69, 9.17) is 9.15 Å². The lowest BCUT2D eigenvalue weighted by Crippen LogP contribution is -1.97. The summed E-state index contributed by atoms with van der Waals surface area (Å²) in [5.41, 5.74) is 1.17. The fourth-order valence-electron chi connectivity index (χ4n) is 2.21. The van der Waals surface area contributed by atoms with E-state index in [9.17, 15) is 9.90 Å². The monoisotopic (exact) mass is 310 g/mol. The SMILES string of the molecule is COc1ccc(N=Nc2c(O)ccc3c(C)cc(=O)oc23)cc1. The summed E-state index contributed by atoms with van der Waals surface area (Å²) < 4.78 is 10.3. The van der Waals surface area contributed by atoms with Gasteiger partial charge in [0.05, 0.1) is 12.8 Å². The van der Waals surface area contributed by atoms with Crippen LogP contribution in [0, 0.1) is 6.92 Å². The van der Waals surface area contributed by atoms with Gasteiger partial charge in [-0.05, 0) is 48.9 Å². The molecule has 0 fully saturated rings. The molecule has 0 atom stereocenters. The maximum Gasteiger partial charge on any atom is 0.336 e. The molecular weight excluding hydrogens is 296 g/mol. The van der Waals surface area contributed by atoms with Crippen molar-refractivity contribution in [2.24, 2.45) is 10.2 Å². The van der Waals surface area contributed by atoms with Gasteiger partial charge in [-0.15, -0.1) is 5.11 Å². The van der Waals surface area contributed by atoms with E-state index in [-0.39, 0.29) is 17.0 Å². The van der Waals surface area contributed by atoms with Crippen LogP contribution < -0.4 is 10.4 Å². The number of nitrogens with zero attached hydrogens (tertiary/aromatic N) is 2. The molecule has 3 rings (SSSR count). The number of aryl methyl sites for hydroxylation is 1. The molecule has 1 N–H and O–H groups in total. The minimum atomic E-state index is -0.499. The van der Waals surface area contributed by atoms with Crippen molar-refractivity contribution in [1.29, 1.82) is 0 Å². The van der Waals surface area contributed by atoms with Gasteiger partial charge in [0.25, 0.3) is 0 Å². The third-order valence-corrected chi connectivity index (χ3v) is 3.41. The average Bonchev–Trinajstić information content (AvgIpc) is 2.54. The molecule has 0 amide bonds.